The van der Waals surface area contributed by atoms with E-state index < -0.39 is 24.5 Å². The molecule has 0 aliphatic carbocycles. The van der Waals surface area contributed by atoms with Crippen LogP contribution in [0, 0.1) is 0 Å². The fourth-order valence-electron chi connectivity index (χ4n) is 2.57. The lowest BCUT2D eigenvalue weighted by Gasteiger charge is -2.41. The first-order valence-electron chi connectivity index (χ1n) is 7.54. The normalized spacial score (nSPS) is 32.7. The van der Waals surface area contributed by atoms with Gasteiger partial charge in [0, 0.05) is 13.1 Å². The maximum Gasteiger partial charge on any atom is 0.136 e. The quantitative estimate of drug-likeness (QED) is 0.484. The first-order chi connectivity index (χ1) is 9.07. The number of aliphatic hydroxyl groups excluding tert-OH is 4. The number of hydrogen-bond donors (Lipinski definition) is 4. The van der Waals surface area contributed by atoms with Gasteiger partial charge >= 0.3 is 0 Å². The van der Waals surface area contributed by atoms with Crippen LogP contribution < -0.4 is 0 Å². The monoisotopic (exact) mass is 275 g/mol. The van der Waals surface area contributed by atoms with Gasteiger partial charge in [0.25, 0.3) is 0 Å². The number of piperidine rings is 1. The molecule has 19 heavy (non-hydrogen) atoms. The lowest BCUT2D eigenvalue weighted by Crippen LogP contribution is -2.61. The van der Waals surface area contributed by atoms with Crippen molar-refractivity contribution in [2.75, 3.05) is 13.1 Å². The number of aliphatic hydroxyl groups is 4. The molecule has 0 spiro atoms. The molecular formula is C14H29NO4. The molecule has 1 aliphatic rings. The molecule has 114 valence electrons. The molecule has 0 aromatic rings. The maximum atomic E-state index is 9.80. The van der Waals surface area contributed by atoms with E-state index in [-0.39, 0.29) is 6.54 Å². The molecule has 0 unspecified atom stereocenters. The third-order valence-corrected chi connectivity index (χ3v) is 3.89. The van der Waals surface area contributed by atoms with Crippen molar-refractivity contribution in [2.45, 2.75) is 76.4 Å². The number of hydrogen-bond acceptors (Lipinski definition) is 5. The molecule has 1 heterocycles. The van der Waals surface area contributed by atoms with Crippen LogP contribution in [0.1, 0.15) is 51.9 Å². The highest BCUT2D eigenvalue weighted by molar-refractivity contribution is 4.89. The van der Waals surface area contributed by atoms with Crippen molar-refractivity contribution in [3.05, 3.63) is 0 Å². The molecule has 0 saturated carbocycles. The Hall–Kier alpha value is -0.200. The molecule has 5 heteroatoms. The van der Waals surface area contributed by atoms with Gasteiger partial charge in [0.15, 0.2) is 0 Å². The van der Waals surface area contributed by atoms with Crippen LogP contribution in [-0.2, 0) is 0 Å². The second-order valence-electron chi connectivity index (χ2n) is 5.58. The van der Waals surface area contributed by atoms with Crippen LogP contribution in [0.2, 0.25) is 0 Å². The molecule has 0 bridgehead atoms. The Morgan fingerprint density at radius 3 is 2.05 bits per heavy atom. The molecule has 4 N–H and O–H groups in total. The minimum Gasteiger partial charge on any atom is -0.389 e. The SMILES string of the molecule is CCCCCCCCCN1C[C@H](O)[C@@H](O)[C@H](O)[C@H]1O. The van der Waals surface area contributed by atoms with Gasteiger partial charge in [0.2, 0.25) is 0 Å². The van der Waals surface area contributed by atoms with Crippen molar-refractivity contribution in [3.8, 4) is 0 Å². The predicted octanol–water partition coefficient (Wildman–Crippen LogP) is 0.454. The Bertz CT molecular complexity index is 239. The van der Waals surface area contributed by atoms with E-state index in [0.29, 0.717) is 6.54 Å². The van der Waals surface area contributed by atoms with Crippen LogP contribution in [0.3, 0.4) is 0 Å². The summed E-state index contributed by atoms with van der Waals surface area (Å²) in [4.78, 5) is 1.65. The maximum absolute atomic E-state index is 9.80. The number of rotatable bonds is 8. The van der Waals surface area contributed by atoms with Gasteiger partial charge in [-0.15, -0.1) is 0 Å². The molecule has 1 aliphatic heterocycles. The van der Waals surface area contributed by atoms with Gasteiger partial charge in [-0.05, 0) is 6.42 Å². The van der Waals surface area contributed by atoms with Gasteiger partial charge in [-0.3, -0.25) is 4.90 Å². The van der Waals surface area contributed by atoms with E-state index >= 15 is 0 Å². The molecule has 0 aromatic carbocycles. The van der Waals surface area contributed by atoms with Crippen LogP contribution in [0.25, 0.3) is 0 Å². The van der Waals surface area contributed by atoms with E-state index in [2.05, 4.69) is 6.92 Å². The Morgan fingerprint density at radius 1 is 0.842 bits per heavy atom. The zero-order valence-electron chi connectivity index (χ0n) is 11.9. The van der Waals surface area contributed by atoms with Gasteiger partial charge < -0.3 is 20.4 Å². The van der Waals surface area contributed by atoms with Gasteiger partial charge in [0.1, 0.15) is 18.4 Å². The van der Waals surface area contributed by atoms with Crippen LogP contribution in [0.5, 0.6) is 0 Å². The molecule has 1 rings (SSSR count). The minimum atomic E-state index is -1.28. The summed E-state index contributed by atoms with van der Waals surface area (Å²) in [5.74, 6) is 0. The summed E-state index contributed by atoms with van der Waals surface area (Å²) in [7, 11) is 0. The number of likely N-dealkylation sites (tertiary alicyclic amines) is 1. The molecule has 0 aromatic heterocycles. The van der Waals surface area contributed by atoms with E-state index in [0.717, 1.165) is 12.8 Å². The summed E-state index contributed by atoms with van der Waals surface area (Å²) in [6.45, 7) is 3.06. The van der Waals surface area contributed by atoms with Crippen LogP contribution in [0.15, 0.2) is 0 Å². The Balaban J connectivity index is 2.15. The second-order valence-corrected chi connectivity index (χ2v) is 5.58. The Morgan fingerprint density at radius 2 is 1.42 bits per heavy atom. The molecule has 0 radical (unpaired) electrons. The van der Waals surface area contributed by atoms with Crippen LogP contribution in [-0.4, -0.2) is 63.0 Å². The molecule has 0 amide bonds. The molecule has 4 atom stereocenters. The first kappa shape index (κ1) is 16.9. The second kappa shape index (κ2) is 8.87. The van der Waals surface area contributed by atoms with Crippen molar-refractivity contribution < 1.29 is 20.4 Å². The van der Waals surface area contributed by atoms with E-state index in [9.17, 15) is 20.4 Å². The van der Waals surface area contributed by atoms with Crippen LogP contribution >= 0.6 is 0 Å². The topological polar surface area (TPSA) is 84.2 Å². The standard InChI is InChI=1S/C14H29NO4/c1-2-3-4-5-6-7-8-9-15-10-11(16)12(17)13(18)14(15)19/h11-14,16-19H,2-10H2,1H3/t11-,12+,13-,14+/m0/s1. The third-order valence-electron chi connectivity index (χ3n) is 3.89. The fraction of sp³-hybridized carbons (Fsp3) is 1.00. The molecule has 5 nitrogen and oxygen atoms in total. The van der Waals surface area contributed by atoms with E-state index in [1.54, 1.807) is 4.90 Å². The molecular weight excluding hydrogens is 246 g/mol. The van der Waals surface area contributed by atoms with Gasteiger partial charge in [-0.1, -0.05) is 45.4 Å². The summed E-state index contributed by atoms with van der Waals surface area (Å²) in [6, 6.07) is 0. The highest BCUT2D eigenvalue weighted by atomic mass is 16.4. The average Bonchev–Trinajstić information content (AvgIpc) is 2.41. The zero-order chi connectivity index (χ0) is 14.3. The van der Waals surface area contributed by atoms with Crippen molar-refractivity contribution in [1.29, 1.82) is 0 Å². The average molecular weight is 275 g/mol. The van der Waals surface area contributed by atoms with Crippen molar-refractivity contribution in [2.24, 2.45) is 0 Å². The summed E-state index contributed by atoms with van der Waals surface area (Å²) in [5.41, 5.74) is 0. The summed E-state index contributed by atoms with van der Waals surface area (Å²) >= 11 is 0. The Labute approximate surface area is 115 Å². The van der Waals surface area contributed by atoms with Crippen molar-refractivity contribution in [3.63, 3.8) is 0 Å². The van der Waals surface area contributed by atoms with E-state index in [4.69, 9.17) is 0 Å². The van der Waals surface area contributed by atoms with Gasteiger partial charge in [0.05, 0.1) is 6.10 Å². The Kier molecular flexibility index (Phi) is 7.87. The summed E-state index contributed by atoms with van der Waals surface area (Å²) in [6.07, 6.45) is 3.72. The highest BCUT2D eigenvalue weighted by Crippen LogP contribution is 2.18. The highest BCUT2D eigenvalue weighted by Gasteiger charge is 2.39. The van der Waals surface area contributed by atoms with Gasteiger partial charge in [-0.2, -0.15) is 0 Å². The lowest BCUT2D eigenvalue weighted by atomic mass is 9.99. The molecule has 1 fully saturated rings. The third kappa shape index (κ3) is 5.36. The number of unbranched alkanes of at least 4 members (excludes halogenated alkanes) is 6. The summed E-state index contributed by atoms with van der Waals surface area (Å²) < 4.78 is 0. The lowest BCUT2D eigenvalue weighted by molar-refractivity contribution is -0.194. The first-order valence-corrected chi connectivity index (χ1v) is 7.54. The van der Waals surface area contributed by atoms with E-state index in [1.165, 1.54) is 32.1 Å². The smallest absolute Gasteiger partial charge is 0.136 e. The largest absolute Gasteiger partial charge is 0.389 e. The molecule has 1 saturated heterocycles. The number of nitrogens with zero attached hydrogens (tertiary/aromatic N) is 1. The zero-order valence-corrected chi connectivity index (χ0v) is 11.9. The predicted molar refractivity (Wildman–Crippen MR) is 73.6 cm³/mol. The summed E-state index contributed by atoms with van der Waals surface area (Å²) in [5, 5.41) is 38.4. The van der Waals surface area contributed by atoms with Crippen molar-refractivity contribution >= 4 is 0 Å². The van der Waals surface area contributed by atoms with Gasteiger partial charge in [-0.25, -0.2) is 0 Å². The van der Waals surface area contributed by atoms with Crippen molar-refractivity contribution in [1.82, 2.24) is 4.90 Å². The van der Waals surface area contributed by atoms with E-state index in [1.807, 2.05) is 0 Å². The number of β-amino-alcohol motifs (C(OH)–C–C–N with tert-alkyl or cyclic N) is 1. The van der Waals surface area contributed by atoms with Crippen LogP contribution in [0.4, 0.5) is 0 Å². The fourth-order valence-corrected chi connectivity index (χ4v) is 2.57. The minimum absolute atomic E-state index is 0.217.